The maximum Gasteiger partial charge on any atom is 0.335 e. The Morgan fingerprint density at radius 1 is 1.45 bits per heavy atom. The molecule has 0 spiro atoms. The molecular formula is C12H18N2O4S2. The quantitative estimate of drug-likeness (QED) is 0.524. The van der Waals surface area contributed by atoms with Gasteiger partial charge in [0.25, 0.3) is 0 Å². The van der Waals surface area contributed by atoms with E-state index in [0.717, 1.165) is 18.9 Å². The predicted octanol–water partition coefficient (Wildman–Crippen LogP) is 1.97. The second-order valence-electron chi connectivity index (χ2n) is 4.19. The molecule has 0 aliphatic rings. The van der Waals surface area contributed by atoms with Crippen molar-refractivity contribution in [3.05, 3.63) is 17.7 Å². The third kappa shape index (κ3) is 4.12. The Morgan fingerprint density at radius 2 is 2.10 bits per heavy atom. The number of carbonyl (C=O) groups is 1. The Labute approximate surface area is 122 Å². The van der Waals surface area contributed by atoms with Crippen LogP contribution in [0.1, 0.15) is 30.1 Å². The van der Waals surface area contributed by atoms with Crippen LogP contribution in [0.25, 0.3) is 0 Å². The summed E-state index contributed by atoms with van der Waals surface area (Å²) in [6.45, 7) is 2.66. The molecule has 1 rings (SSSR count). The number of sulfonamides is 1. The summed E-state index contributed by atoms with van der Waals surface area (Å²) in [5.41, 5.74) is 0.376. The van der Waals surface area contributed by atoms with E-state index in [0.29, 0.717) is 17.1 Å². The lowest BCUT2D eigenvalue weighted by Gasteiger charge is -2.14. The molecule has 6 nitrogen and oxygen atoms in total. The number of thioether (sulfide) groups is 1. The number of benzene rings is 1. The first-order chi connectivity index (χ1) is 9.31. The molecule has 0 aliphatic carbocycles. The molecule has 4 N–H and O–H groups in total. The smallest absolute Gasteiger partial charge is 0.335 e. The van der Waals surface area contributed by atoms with Crippen LogP contribution >= 0.6 is 11.8 Å². The van der Waals surface area contributed by atoms with Crippen LogP contribution in [0.4, 0.5) is 5.69 Å². The molecule has 20 heavy (non-hydrogen) atoms. The molecule has 0 heterocycles. The number of anilines is 1. The van der Waals surface area contributed by atoms with Crippen molar-refractivity contribution in [1.82, 2.24) is 0 Å². The van der Waals surface area contributed by atoms with E-state index in [1.54, 1.807) is 6.26 Å². The zero-order valence-corrected chi connectivity index (χ0v) is 13.0. The zero-order valence-electron chi connectivity index (χ0n) is 11.3. The Balaban J connectivity index is 3.39. The largest absolute Gasteiger partial charge is 0.478 e. The van der Waals surface area contributed by atoms with Gasteiger partial charge in [0.2, 0.25) is 10.0 Å². The number of rotatable bonds is 7. The number of carboxylic acids is 1. The van der Waals surface area contributed by atoms with Gasteiger partial charge in [0.1, 0.15) is 0 Å². The fraction of sp³-hybridized carbons (Fsp3) is 0.417. The van der Waals surface area contributed by atoms with Gasteiger partial charge in [0.15, 0.2) is 0 Å². The first-order valence-electron chi connectivity index (χ1n) is 6.03. The van der Waals surface area contributed by atoms with Gasteiger partial charge >= 0.3 is 5.97 Å². The van der Waals surface area contributed by atoms with Crippen molar-refractivity contribution in [2.75, 3.05) is 18.1 Å². The SMILES string of the molecule is CCCCNc1cc(C(=O)O)cc(S(N)(=O)=O)c1SC. The average molecular weight is 318 g/mol. The Hall–Kier alpha value is -1.25. The molecule has 0 bridgehead atoms. The minimum absolute atomic E-state index is 0.106. The molecule has 112 valence electrons. The van der Waals surface area contributed by atoms with Gasteiger partial charge in [-0.25, -0.2) is 18.4 Å². The van der Waals surface area contributed by atoms with Crippen LogP contribution in [0.15, 0.2) is 21.9 Å². The highest BCUT2D eigenvalue weighted by Crippen LogP contribution is 2.33. The summed E-state index contributed by atoms with van der Waals surface area (Å²) in [5.74, 6) is -1.19. The summed E-state index contributed by atoms with van der Waals surface area (Å²) < 4.78 is 23.2. The van der Waals surface area contributed by atoms with Gasteiger partial charge in [0.05, 0.1) is 21.0 Å². The molecular weight excluding hydrogens is 300 g/mol. The van der Waals surface area contributed by atoms with Gasteiger partial charge in [-0.3, -0.25) is 0 Å². The van der Waals surface area contributed by atoms with Crippen molar-refractivity contribution >= 4 is 33.4 Å². The first-order valence-corrected chi connectivity index (χ1v) is 8.80. The minimum atomic E-state index is -3.98. The van der Waals surface area contributed by atoms with E-state index in [2.05, 4.69) is 5.32 Å². The van der Waals surface area contributed by atoms with Crippen molar-refractivity contribution < 1.29 is 18.3 Å². The van der Waals surface area contributed by atoms with E-state index in [9.17, 15) is 13.2 Å². The second kappa shape index (κ2) is 6.96. The predicted molar refractivity (Wildman–Crippen MR) is 80.0 cm³/mol. The molecule has 0 amide bonds. The van der Waals surface area contributed by atoms with Crippen molar-refractivity contribution in [3.8, 4) is 0 Å². The molecule has 1 aromatic carbocycles. The number of primary sulfonamides is 1. The zero-order chi connectivity index (χ0) is 15.3. The van der Waals surface area contributed by atoms with Crippen molar-refractivity contribution in [2.45, 2.75) is 29.6 Å². The van der Waals surface area contributed by atoms with Gasteiger partial charge < -0.3 is 10.4 Å². The molecule has 0 saturated heterocycles. The average Bonchev–Trinajstić information content (AvgIpc) is 2.36. The van der Waals surface area contributed by atoms with Crippen LogP contribution < -0.4 is 10.5 Å². The van der Waals surface area contributed by atoms with Crippen LogP contribution in [-0.4, -0.2) is 32.3 Å². The molecule has 0 unspecified atom stereocenters. The van der Waals surface area contributed by atoms with E-state index in [1.165, 1.54) is 17.8 Å². The number of unbranched alkanes of at least 4 members (excludes halogenated alkanes) is 1. The van der Waals surface area contributed by atoms with Gasteiger partial charge in [-0.2, -0.15) is 0 Å². The molecule has 0 saturated carbocycles. The van der Waals surface area contributed by atoms with Gasteiger partial charge in [-0.15, -0.1) is 11.8 Å². The Morgan fingerprint density at radius 3 is 2.55 bits per heavy atom. The maximum absolute atomic E-state index is 11.6. The van der Waals surface area contributed by atoms with Crippen LogP contribution in [0.5, 0.6) is 0 Å². The maximum atomic E-state index is 11.6. The Bertz CT molecular complexity index is 600. The van der Waals surface area contributed by atoms with Crippen molar-refractivity contribution in [3.63, 3.8) is 0 Å². The lowest BCUT2D eigenvalue weighted by Crippen LogP contribution is -2.16. The van der Waals surface area contributed by atoms with E-state index in [1.807, 2.05) is 6.92 Å². The number of aromatic carboxylic acids is 1. The van der Waals surface area contributed by atoms with E-state index in [4.69, 9.17) is 10.2 Å². The molecule has 0 aromatic heterocycles. The summed E-state index contributed by atoms with van der Waals surface area (Å²) in [6, 6.07) is 2.52. The van der Waals surface area contributed by atoms with Crippen LogP contribution in [0.3, 0.4) is 0 Å². The van der Waals surface area contributed by atoms with Crippen LogP contribution in [0, 0.1) is 0 Å². The van der Waals surface area contributed by atoms with E-state index < -0.39 is 16.0 Å². The monoisotopic (exact) mass is 318 g/mol. The molecule has 0 fully saturated rings. The first kappa shape index (κ1) is 16.8. The number of hydrogen-bond donors (Lipinski definition) is 3. The van der Waals surface area contributed by atoms with Gasteiger partial charge in [0, 0.05) is 6.54 Å². The third-order valence-corrected chi connectivity index (χ3v) is 4.57. The number of nitrogens with one attached hydrogen (secondary N) is 1. The summed E-state index contributed by atoms with van der Waals surface area (Å²) in [5, 5.41) is 17.3. The molecule has 1 aromatic rings. The van der Waals surface area contributed by atoms with Gasteiger partial charge in [-0.05, 0) is 24.8 Å². The van der Waals surface area contributed by atoms with Crippen molar-refractivity contribution in [2.24, 2.45) is 5.14 Å². The highest BCUT2D eigenvalue weighted by Gasteiger charge is 2.20. The summed E-state index contributed by atoms with van der Waals surface area (Å²) in [4.78, 5) is 11.4. The Kier molecular flexibility index (Phi) is 5.85. The minimum Gasteiger partial charge on any atom is -0.478 e. The molecule has 0 atom stereocenters. The topological polar surface area (TPSA) is 109 Å². The van der Waals surface area contributed by atoms with Gasteiger partial charge in [-0.1, -0.05) is 13.3 Å². The molecule has 0 radical (unpaired) electrons. The highest BCUT2D eigenvalue weighted by atomic mass is 32.2. The number of hydrogen-bond acceptors (Lipinski definition) is 5. The molecule has 8 heteroatoms. The summed E-state index contributed by atoms with van der Waals surface area (Å²) in [7, 11) is -3.98. The molecule has 0 aliphatic heterocycles. The standard InChI is InChI=1S/C12H18N2O4S2/c1-3-4-5-14-9-6-8(12(15)16)7-10(11(9)19-2)20(13,17)18/h6-7,14H,3-5H2,1-2H3,(H,15,16)(H2,13,17,18). The van der Waals surface area contributed by atoms with Crippen molar-refractivity contribution in [1.29, 1.82) is 0 Å². The number of carboxylic acid groups (broad SMARTS) is 1. The lowest BCUT2D eigenvalue weighted by atomic mass is 10.2. The fourth-order valence-corrected chi connectivity index (χ4v) is 3.55. The van der Waals surface area contributed by atoms with Crippen LogP contribution in [0.2, 0.25) is 0 Å². The highest BCUT2D eigenvalue weighted by molar-refractivity contribution is 7.99. The fourth-order valence-electron chi connectivity index (χ4n) is 1.68. The van der Waals surface area contributed by atoms with Crippen LogP contribution in [-0.2, 0) is 10.0 Å². The normalized spacial score (nSPS) is 11.3. The van der Waals surface area contributed by atoms with E-state index in [-0.39, 0.29) is 10.5 Å². The van der Waals surface area contributed by atoms with E-state index >= 15 is 0 Å². The second-order valence-corrected chi connectivity index (χ2v) is 6.53. The summed E-state index contributed by atoms with van der Waals surface area (Å²) in [6.07, 6.45) is 3.59. The lowest BCUT2D eigenvalue weighted by molar-refractivity contribution is 0.0696. The summed E-state index contributed by atoms with van der Waals surface area (Å²) >= 11 is 1.21. The number of nitrogens with two attached hydrogens (primary N) is 1. The third-order valence-electron chi connectivity index (χ3n) is 2.66.